The van der Waals surface area contributed by atoms with Crippen LogP contribution in [0.5, 0.6) is 5.75 Å². The van der Waals surface area contributed by atoms with E-state index in [1.165, 1.54) is 0 Å². The van der Waals surface area contributed by atoms with Crippen molar-refractivity contribution in [3.05, 3.63) is 54.7 Å². The Morgan fingerprint density at radius 1 is 1.20 bits per heavy atom. The molecule has 30 heavy (non-hydrogen) atoms. The summed E-state index contributed by atoms with van der Waals surface area (Å²) in [4.78, 5) is 34.1. The largest absolute Gasteiger partial charge is 0.482 e. The Morgan fingerprint density at radius 2 is 2.10 bits per heavy atom. The molecular formula is C21H20N4O5. The van der Waals surface area contributed by atoms with Crippen LogP contribution in [0.4, 0.5) is 5.69 Å². The van der Waals surface area contributed by atoms with Gasteiger partial charge in [0.1, 0.15) is 5.75 Å². The summed E-state index contributed by atoms with van der Waals surface area (Å²) in [7, 11) is 0. The highest BCUT2D eigenvalue weighted by Gasteiger charge is 2.25. The SMILES string of the molecule is O=C(CCN1C(=O)COc2ccccc21)OCCCc1nc(-c2cccnc2)no1. The second-order valence-electron chi connectivity index (χ2n) is 6.63. The predicted octanol–water partition coefficient (Wildman–Crippen LogP) is 2.42. The fourth-order valence-electron chi connectivity index (χ4n) is 3.05. The van der Waals surface area contributed by atoms with Gasteiger partial charge in [0, 0.05) is 30.9 Å². The van der Waals surface area contributed by atoms with Crippen LogP contribution >= 0.6 is 0 Å². The number of carbonyl (C=O) groups excluding carboxylic acids is 2. The molecule has 9 nitrogen and oxygen atoms in total. The fourth-order valence-corrected chi connectivity index (χ4v) is 3.05. The summed E-state index contributed by atoms with van der Waals surface area (Å²) < 4.78 is 15.9. The molecular weight excluding hydrogens is 388 g/mol. The molecule has 2 aromatic heterocycles. The van der Waals surface area contributed by atoms with Crippen molar-refractivity contribution in [2.75, 3.05) is 24.7 Å². The van der Waals surface area contributed by atoms with Crippen molar-refractivity contribution in [1.82, 2.24) is 15.1 Å². The molecule has 0 saturated carbocycles. The maximum Gasteiger partial charge on any atom is 0.307 e. The molecule has 0 spiro atoms. The molecule has 0 aliphatic carbocycles. The van der Waals surface area contributed by atoms with E-state index in [4.69, 9.17) is 14.0 Å². The van der Waals surface area contributed by atoms with Gasteiger partial charge in [-0.25, -0.2) is 0 Å². The smallest absolute Gasteiger partial charge is 0.307 e. The lowest BCUT2D eigenvalue weighted by molar-refractivity contribution is -0.143. The van der Waals surface area contributed by atoms with E-state index in [2.05, 4.69) is 15.1 Å². The Labute approximate surface area is 172 Å². The van der Waals surface area contributed by atoms with E-state index < -0.39 is 0 Å². The van der Waals surface area contributed by atoms with Gasteiger partial charge in [-0.15, -0.1) is 0 Å². The summed E-state index contributed by atoms with van der Waals surface area (Å²) in [6.45, 7) is 0.449. The van der Waals surface area contributed by atoms with Crippen LogP contribution in [-0.2, 0) is 20.7 Å². The Morgan fingerprint density at radius 3 is 2.97 bits per heavy atom. The van der Waals surface area contributed by atoms with Gasteiger partial charge in [0.25, 0.3) is 5.91 Å². The molecule has 1 amide bonds. The number of amides is 1. The van der Waals surface area contributed by atoms with Crippen molar-refractivity contribution in [1.29, 1.82) is 0 Å². The molecule has 4 rings (SSSR count). The number of hydrogen-bond acceptors (Lipinski definition) is 8. The van der Waals surface area contributed by atoms with Crippen LogP contribution in [0.2, 0.25) is 0 Å². The normalized spacial score (nSPS) is 12.9. The summed E-state index contributed by atoms with van der Waals surface area (Å²) >= 11 is 0. The first kappa shape index (κ1) is 19.6. The first-order chi connectivity index (χ1) is 14.7. The standard InChI is InChI=1S/C21H20N4O5/c26-19-14-29-17-7-2-1-6-16(17)25(19)11-9-20(27)28-12-4-8-18-23-21(24-30-18)15-5-3-10-22-13-15/h1-3,5-7,10,13H,4,8-9,11-12,14H2. The minimum atomic E-state index is -0.367. The zero-order valence-electron chi connectivity index (χ0n) is 16.2. The van der Waals surface area contributed by atoms with Crippen molar-refractivity contribution in [2.45, 2.75) is 19.3 Å². The fraction of sp³-hybridized carbons (Fsp3) is 0.286. The predicted molar refractivity (Wildman–Crippen MR) is 106 cm³/mol. The molecule has 1 aliphatic rings. The number of aryl methyl sites for hydroxylation is 1. The lowest BCUT2D eigenvalue weighted by Crippen LogP contribution is -2.40. The van der Waals surface area contributed by atoms with Crippen LogP contribution in [-0.4, -0.2) is 46.8 Å². The van der Waals surface area contributed by atoms with Crippen LogP contribution in [0.1, 0.15) is 18.7 Å². The van der Waals surface area contributed by atoms with Gasteiger partial charge in [0.15, 0.2) is 6.61 Å². The van der Waals surface area contributed by atoms with Gasteiger partial charge in [-0.2, -0.15) is 4.98 Å². The highest BCUT2D eigenvalue weighted by atomic mass is 16.5. The third-order valence-electron chi connectivity index (χ3n) is 4.53. The van der Waals surface area contributed by atoms with E-state index in [0.29, 0.717) is 36.0 Å². The number of hydrogen-bond donors (Lipinski definition) is 0. The van der Waals surface area contributed by atoms with Crippen LogP contribution in [0, 0.1) is 0 Å². The quantitative estimate of drug-likeness (QED) is 0.413. The number of carbonyl (C=O) groups is 2. The molecule has 0 N–H and O–H groups in total. The van der Waals surface area contributed by atoms with Gasteiger partial charge in [-0.1, -0.05) is 17.3 Å². The Balaban J connectivity index is 1.20. The second-order valence-corrected chi connectivity index (χ2v) is 6.63. The molecule has 0 atom stereocenters. The topological polar surface area (TPSA) is 108 Å². The number of rotatable bonds is 8. The minimum Gasteiger partial charge on any atom is -0.482 e. The third kappa shape index (κ3) is 4.62. The molecule has 1 aromatic carbocycles. The van der Waals surface area contributed by atoms with Gasteiger partial charge in [-0.05, 0) is 30.7 Å². The van der Waals surface area contributed by atoms with Crippen molar-refractivity contribution in [3.8, 4) is 17.1 Å². The van der Waals surface area contributed by atoms with E-state index in [0.717, 1.165) is 5.56 Å². The zero-order chi connectivity index (χ0) is 20.8. The number of para-hydroxylation sites is 2. The molecule has 3 aromatic rings. The molecule has 0 fully saturated rings. The highest BCUT2D eigenvalue weighted by molar-refractivity contribution is 5.98. The molecule has 154 valence electrons. The van der Waals surface area contributed by atoms with Gasteiger partial charge in [-0.3, -0.25) is 14.6 Å². The number of esters is 1. The number of fused-ring (bicyclic) bond motifs is 1. The monoisotopic (exact) mass is 408 g/mol. The second kappa shape index (κ2) is 9.17. The summed E-state index contributed by atoms with van der Waals surface area (Å²) in [6.07, 6.45) is 4.49. The average molecular weight is 408 g/mol. The lowest BCUT2D eigenvalue weighted by Gasteiger charge is -2.28. The van der Waals surface area contributed by atoms with Crippen molar-refractivity contribution in [3.63, 3.8) is 0 Å². The van der Waals surface area contributed by atoms with Crippen molar-refractivity contribution < 1.29 is 23.6 Å². The number of aromatic nitrogens is 3. The Hall–Kier alpha value is -3.75. The van der Waals surface area contributed by atoms with E-state index in [9.17, 15) is 9.59 Å². The van der Waals surface area contributed by atoms with Crippen molar-refractivity contribution in [2.24, 2.45) is 0 Å². The molecule has 0 bridgehead atoms. The van der Waals surface area contributed by atoms with Crippen LogP contribution < -0.4 is 9.64 Å². The van der Waals surface area contributed by atoms with Gasteiger partial charge in [0.2, 0.25) is 11.7 Å². The van der Waals surface area contributed by atoms with E-state index in [1.54, 1.807) is 35.5 Å². The minimum absolute atomic E-state index is 0.0305. The Bertz CT molecular complexity index is 1020. The van der Waals surface area contributed by atoms with Crippen LogP contribution in [0.3, 0.4) is 0 Å². The first-order valence-corrected chi connectivity index (χ1v) is 9.61. The van der Waals surface area contributed by atoms with Gasteiger partial charge < -0.3 is 18.9 Å². The van der Waals surface area contributed by atoms with Crippen LogP contribution in [0.15, 0.2) is 53.3 Å². The molecule has 3 heterocycles. The number of anilines is 1. The molecule has 9 heteroatoms. The number of ether oxygens (including phenoxy) is 2. The maximum atomic E-state index is 12.1. The summed E-state index contributed by atoms with van der Waals surface area (Å²) in [5.41, 5.74) is 1.44. The first-order valence-electron chi connectivity index (χ1n) is 9.61. The Kier molecular flexibility index (Phi) is 5.98. The average Bonchev–Trinajstić information content (AvgIpc) is 3.26. The summed E-state index contributed by atoms with van der Waals surface area (Å²) in [6, 6.07) is 10.9. The maximum absolute atomic E-state index is 12.1. The van der Waals surface area contributed by atoms with E-state index in [1.807, 2.05) is 18.2 Å². The van der Waals surface area contributed by atoms with Crippen molar-refractivity contribution >= 4 is 17.6 Å². The highest BCUT2D eigenvalue weighted by Crippen LogP contribution is 2.31. The van der Waals surface area contributed by atoms with Gasteiger partial charge >= 0.3 is 5.97 Å². The number of benzene rings is 1. The molecule has 0 radical (unpaired) electrons. The van der Waals surface area contributed by atoms with Gasteiger partial charge in [0.05, 0.1) is 18.7 Å². The summed E-state index contributed by atoms with van der Waals surface area (Å²) in [5.74, 6) is 1.04. The van der Waals surface area contributed by atoms with Crippen LogP contribution in [0.25, 0.3) is 11.4 Å². The van der Waals surface area contributed by atoms with E-state index in [-0.39, 0.29) is 38.1 Å². The summed E-state index contributed by atoms with van der Waals surface area (Å²) in [5, 5.41) is 3.93. The number of pyridine rings is 1. The molecule has 1 aliphatic heterocycles. The lowest BCUT2D eigenvalue weighted by atomic mass is 10.2. The van der Waals surface area contributed by atoms with E-state index >= 15 is 0 Å². The zero-order valence-corrected chi connectivity index (χ0v) is 16.2. The molecule has 0 unspecified atom stereocenters. The third-order valence-corrected chi connectivity index (χ3v) is 4.53. The molecule has 0 saturated heterocycles. The number of nitrogens with zero attached hydrogens (tertiary/aromatic N) is 4.